The molecule has 1 amide bonds. The summed E-state index contributed by atoms with van der Waals surface area (Å²) in [5.74, 6) is -0.0437. The van der Waals surface area contributed by atoms with Crippen LogP contribution >= 0.6 is 0 Å². The molecule has 3 aromatic rings. The molecule has 1 fully saturated rings. The van der Waals surface area contributed by atoms with E-state index in [2.05, 4.69) is 55.5 Å². The fourth-order valence-electron chi connectivity index (χ4n) is 3.55. The van der Waals surface area contributed by atoms with Gasteiger partial charge in [-0.1, -0.05) is 30.3 Å². The van der Waals surface area contributed by atoms with Crippen LogP contribution in [-0.4, -0.2) is 69.7 Å². The molecule has 2 aromatic carbocycles. The molecule has 0 unspecified atom stereocenters. The summed E-state index contributed by atoms with van der Waals surface area (Å²) in [6, 6.07) is 18.0. The zero-order valence-corrected chi connectivity index (χ0v) is 16.4. The molecule has 1 aliphatic rings. The molecule has 1 N–H and O–H groups in total. The first-order valence-electron chi connectivity index (χ1n) is 10.00. The highest BCUT2D eigenvalue weighted by Gasteiger charge is 2.17. The number of carbonyl (C=O) groups is 1. The molecule has 1 aliphatic heterocycles. The summed E-state index contributed by atoms with van der Waals surface area (Å²) in [5, 5.41) is 7.11. The van der Waals surface area contributed by atoms with Gasteiger partial charge in [0, 0.05) is 51.4 Å². The van der Waals surface area contributed by atoms with Crippen molar-refractivity contribution >= 4 is 5.91 Å². The normalized spacial score (nSPS) is 15.3. The van der Waals surface area contributed by atoms with Gasteiger partial charge in [-0.25, -0.2) is 9.67 Å². The Kier molecular flexibility index (Phi) is 6.29. The predicted octanol–water partition coefficient (Wildman–Crippen LogP) is 1.81. The van der Waals surface area contributed by atoms with Crippen LogP contribution in [0.5, 0.6) is 0 Å². The number of nitrogens with zero attached hydrogens (tertiary/aromatic N) is 5. The van der Waals surface area contributed by atoms with Crippen molar-refractivity contribution in [2.75, 3.05) is 39.3 Å². The first-order valence-corrected chi connectivity index (χ1v) is 10.00. The SMILES string of the molecule is O=C(NCCN1CCN(Cc2ccccc2)CC1)c1ccc(-n2cncn2)cc1. The molecule has 1 saturated heterocycles. The summed E-state index contributed by atoms with van der Waals surface area (Å²) in [7, 11) is 0. The van der Waals surface area contributed by atoms with Crippen LogP contribution in [0.15, 0.2) is 67.3 Å². The smallest absolute Gasteiger partial charge is 0.251 e. The van der Waals surface area contributed by atoms with Crippen molar-refractivity contribution in [3.05, 3.63) is 78.4 Å². The molecule has 1 aromatic heterocycles. The monoisotopic (exact) mass is 390 g/mol. The standard InChI is InChI=1S/C22H26N6O/c29-22(20-6-8-21(9-7-20)28-18-23-17-25-28)24-10-11-26-12-14-27(15-13-26)16-19-4-2-1-3-5-19/h1-9,17-18H,10-16H2,(H,24,29). The van der Waals surface area contributed by atoms with Crippen LogP contribution in [0.1, 0.15) is 15.9 Å². The average Bonchev–Trinajstić information content (AvgIpc) is 3.31. The Balaban J connectivity index is 1.17. The second-order valence-electron chi connectivity index (χ2n) is 7.25. The molecular formula is C22H26N6O. The fraction of sp³-hybridized carbons (Fsp3) is 0.318. The molecule has 7 heteroatoms. The van der Waals surface area contributed by atoms with E-state index in [9.17, 15) is 4.79 Å². The van der Waals surface area contributed by atoms with Gasteiger partial charge in [0.1, 0.15) is 12.7 Å². The Labute approximate surface area is 171 Å². The van der Waals surface area contributed by atoms with Crippen molar-refractivity contribution in [1.29, 1.82) is 0 Å². The van der Waals surface area contributed by atoms with Crippen LogP contribution in [0, 0.1) is 0 Å². The number of aromatic nitrogens is 3. The highest BCUT2D eigenvalue weighted by molar-refractivity contribution is 5.94. The second kappa shape index (κ2) is 9.45. The number of carbonyl (C=O) groups excluding carboxylic acids is 1. The number of rotatable bonds is 7. The third-order valence-electron chi connectivity index (χ3n) is 5.24. The van der Waals surface area contributed by atoms with Gasteiger partial charge in [-0.05, 0) is 29.8 Å². The zero-order chi connectivity index (χ0) is 19.9. The summed E-state index contributed by atoms with van der Waals surface area (Å²) in [6.45, 7) is 6.74. The summed E-state index contributed by atoms with van der Waals surface area (Å²) >= 11 is 0. The Hall–Kier alpha value is -3.03. The molecule has 0 aliphatic carbocycles. The zero-order valence-electron chi connectivity index (χ0n) is 16.4. The van der Waals surface area contributed by atoms with Crippen molar-refractivity contribution in [3.63, 3.8) is 0 Å². The minimum atomic E-state index is -0.0437. The molecule has 2 heterocycles. The van der Waals surface area contributed by atoms with Gasteiger partial charge in [0.2, 0.25) is 0 Å². The minimum absolute atomic E-state index is 0.0437. The summed E-state index contributed by atoms with van der Waals surface area (Å²) in [6.07, 6.45) is 3.12. The Morgan fingerprint density at radius 3 is 2.34 bits per heavy atom. The van der Waals surface area contributed by atoms with E-state index in [-0.39, 0.29) is 5.91 Å². The van der Waals surface area contributed by atoms with E-state index in [0.29, 0.717) is 12.1 Å². The average molecular weight is 390 g/mol. The molecule has 4 rings (SSSR count). The summed E-state index contributed by atoms with van der Waals surface area (Å²) in [4.78, 5) is 21.2. The third kappa shape index (κ3) is 5.28. The molecule has 150 valence electrons. The topological polar surface area (TPSA) is 66.3 Å². The van der Waals surface area contributed by atoms with Gasteiger partial charge in [-0.3, -0.25) is 14.6 Å². The Bertz CT molecular complexity index is 887. The van der Waals surface area contributed by atoms with Gasteiger partial charge >= 0.3 is 0 Å². The predicted molar refractivity (Wildman–Crippen MR) is 112 cm³/mol. The van der Waals surface area contributed by atoms with Crippen molar-refractivity contribution < 1.29 is 4.79 Å². The number of hydrogen-bond acceptors (Lipinski definition) is 5. The van der Waals surface area contributed by atoms with Gasteiger partial charge in [-0.2, -0.15) is 5.10 Å². The van der Waals surface area contributed by atoms with Crippen molar-refractivity contribution in [2.45, 2.75) is 6.54 Å². The van der Waals surface area contributed by atoms with Crippen LogP contribution in [0.4, 0.5) is 0 Å². The van der Waals surface area contributed by atoms with E-state index in [1.54, 1.807) is 11.0 Å². The van der Waals surface area contributed by atoms with Crippen molar-refractivity contribution in [3.8, 4) is 5.69 Å². The largest absolute Gasteiger partial charge is 0.351 e. The van der Waals surface area contributed by atoms with Gasteiger partial charge in [0.15, 0.2) is 0 Å². The summed E-state index contributed by atoms with van der Waals surface area (Å²) in [5.41, 5.74) is 2.90. The van der Waals surface area contributed by atoms with Crippen molar-refractivity contribution in [2.24, 2.45) is 0 Å². The first-order chi connectivity index (χ1) is 14.3. The Morgan fingerprint density at radius 1 is 0.931 bits per heavy atom. The van der Waals surface area contributed by atoms with Gasteiger partial charge < -0.3 is 5.32 Å². The van der Waals surface area contributed by atoms with Gasteiger partial charge in [0.25, 0.3) is 5.91 Å². The molecule has 0 radical (unpaired) electrons. The second-order valence-corrected chi connectivity index (χ2v) is 7.25. The Morgan fingerprint density at radius 2 is 1.66 bits per heavy atom. The first kappa shape index (κ1) is 19.3. The number of nitrogens with one attached hydrogen (secondary N) is 1. The molecule has 29 heavy (non-hydrogen) atoms. The molecule has 0 saturated carbocycles. The quantitative estimate of drug-likeness (QED) is 0.667. The molecule has 0 atom stereocenters. The maximum Gasteiger partial charge on any atom is 0.251 e. The van der Waals surface area contributed by atoms with Crippen LogP contribution in [-0.2, 0) is 6.54 Å². The number of amides is 1. The van der Waals surface area contributed by atoms with Crippen LogP contribution in [0.3, 0.4) is 0 Å². The van der Waals surface area contributed by atoms with E-state index in [1.807, 2.05) is 24.3 Å². The van der Waals surface area contributed by atoms with Crippen molar-refractivity contribution in [1.82, 2.24) is 29.9 Å². The van der Waals surface area contributed by atoms with E-state index < -0.39 is 0 Å². The van der Waals surface area contributed by atoms with Crippen LogP contribution in [0.25, 0.3) is 5.69 Å². The lowest BCUT2D eigenvalue weighted by Gasteiger charge is -2.34. The lowest BCUT2D eigenvalue weighted by Crippen LogP contribution is -2.48. The molecule has 0 spiro atoms. The number of piperazine rings is 1. The maximum atomic E-state index is 12.4. The van der Waals surface area contributed by atoms with Gasteiger partial charge in [0.05, 0.1) is 5.69 Å². The maximum absolute atomic E-state index is 12.4. The summed E-state index contributed by atoms with van der Waals surface area (Å²) < 4.78 is 1.67. The van der Waals surface area contributed by atoms with E-state index in [4.69, 9.17) is 0 Å². The van der Waals surface area contributed by atoms with Crippen LogP contribution < -0.4 is 5.32 Å². The third-order valence-corrected chi connectivity index (χ3v) is 5.24. The fourth-order valence-corrected chi connectivity index (χ4v) is 3.55. The number of benzene rings is 2. The minimum Gasteiger partial charge on any atom is -0.351 e. The highest BCUT2D eigenvalue weighted by Crippen LogP contribution is 2.09. The lowest BCUT2D eigenvalue weighted by molar-refractivity contribution is 0.0934. The van der Waals surface area contributed by atoms with E-state index >= 15 is 0 Å². The molecule has 7 nitrogen and oxygen atoms in total. The van der Waals surface area contributed by atoms with E-state index in [1.165, 1.54) is 11.9 Å². The van der Waals surface area contributed by atoms with Crippen LogP contribution in [0.2, 0.25) is 0 Å². The molecular weight excluding hydrogens is 364 g/mol. The lowest BCUT2D eigenvalue weighted by atomic mass is 10.2. The highest BCUT2D eigenvalue weighted by atomic mass is 16.1. The molecule has 0 bridgehead atoms. The number of hydrogen-bond donors (Lipinski definition) is 1. The van der Waals surface area contributed by atoms with E-state index in [0.717, 1.165) is 45.0 Å². The van der Waals surface area contributed by atoms with Gasteiger partial charge in [-0.15, -0.1) is 0 Å².